The monoisotopic (exact) mass is 324 g/mol. The third-order valence-corrected chi connectivity index (χ3v) is 3.91. The van der Waals surface area contributed by atoms with E-state index >= 15 is 0 Å². The molecule has 0 saturated heterocycles. The van der Waals surface area contributed by atoms with E-state index in [-0.39, 0.29) is 0 Å². The number of methoxy groups -OCH3 is 2. The molecule has 24 heavy (non-hydrogen) atoms. The first-order valence-electron chi connectivity index (χ1n) is 7.58. The molecule has 0 aliphatic heterocycles. The highest BCUT2D eigenvalue weighted by Crippen LogP contribution is 2.25. The number of imidazole rings is 1. The number of fused-ring (bicyclic) bond motifs is 1. The van der Waals surface area contributed by atoms with E-state index in [0.717, 1.165) is 28.1 Å². The van der Waals surface area contributed by atoms with Crippen molar-refractivity contribution in [2.24, 2.45) is 12.1 Å². The Balaban J connectivity index is 1.89. The molecular weight excluding hydrogens is 304 g/mol. The van der Waals surface area contributed by atoms with Crippen molar-refractivity contribution in [2.45, 2.75) is 6.92 Å². The minimum absolute atomic E-state index is 0.683. The molecule has 1 aromatic heterocycles. The molecule has 0 aliphatic carbocycles. The van der Waals surface area contributed by atoms with E-state index in [2.05, 4.69) is 15.5 Å². The lowest BCUT2D eigenvalue weighted by Gasteiger charge is -2.10. The predicted molar refractivity (Wildman–Crippen MR) is 96.1 cm³/mol. The summed E-state index contributed by atoms with van der Waals surface area (Å²) in [6.07, 6.45) is 0. The van der Waals surface area contributed by atoms with Gasteiger partial charge in [-0.05, 0) is 31.2 Å². The van der Waals surface area contributed by atoms with Gasteiger partial charge in [0, 0.05) is 18.7 Å². The summed E-state index contributed by atoms with van der Waals surface area (Å²) >= 11 is 0. The lowest BCUT2D eigenvalue weighted by molar-refractivity contribution is 0.394. The topological polar surface area (TPSA) is 60.7 Å². The molecule has 124 valence electrons. The van der Waals surface area contributed by atoms with E-state index in [4.69, 9.17) is 9.47 Å². The van der Waals surface area contributed by atoms with Crippen LogP contribution < -0.4 is 14.9 Å². The third kappa shape index (κ3) is 2.90. The lowest BCUT2D eigenvalue weighted by atomic mass is 10.1. The lowest BCUT2D eigenvalue weighted by Crippen LogP contribution is -2.05. The molecule has 0 radical (unpaired) electrons. The second-order valence-electron chi connectivity index (χ2n) is 5.36. The molecule has 0 saturated carbocycles. The van der Waals surface area contributed by atoms with Crippen LogP contribution in [0.5, 0.6) is 11.5 Å². The highest BCUT2D eigenvalue weighted by atomic mass is 16.5. The van der Waals surface area contributed by atoms with Crippen molar-refractivity contribution in [3.8, 4) is 11.5 Å². The maximum Gasteiger partial charge on any atom is 0.224 e. The van der Waals surface area contributed by atoms with Crippen molar-refractivity contribution >= 4 is 22.7 Å². The van der Waals surface area contributed by atoms with Gasteiger partial charge in [0.25, 0.3) is 0 Å². The Morgan fingerprint density at radius 2 is 1.92 bits per heavy atom. The van der Waals surface area contributed by atoms with Crippen molar-refractivity contribution in [2.75, 3.05) is 19.6 Å². The summed E-state index contributed by atoms with van der Waals surface area (Å²) in [5, 5.41) is 4.45. The van der Waals surface area contributed by atoms with E-state index in [9.17, 15) is 0 Å². The highest BCUT2D eigenvalue weighted by molar-refractivity contribution is 6.01. The van der Waals surface area contributed by atoms with Gasteiger partial charge in [0.2, 0.25) is 5.95 Å². The van der Waals surface area contributed by atoms with Gasteiger partial charge >= 0.3 is 0 Å². The van der Waals surface area contributed by atoms with Crippen molar-refractivity contribution in [1.82, 2.24) is 9.55 Å². The number of ether oxygens (including phenoxy) is 2. The summed E-state index contributed by atoms with van der Waals surface area (Å²) in [6.45, 7) is 1.92. The number of para-hydroxylation sites is 2. The Hall–Kier alpha value is -3.02. The zero-order chi connectivity index (χ0) is 17.1. The van der Waals surface area contributed by atoms with Crippen molar-refractivity contribution in [3.63, 3.8) is 0 Å². The minimum atomic E-state index is 0.683. The average Bonchev–Trinajstić information content (AvgIpc) is 2.95. The number of aryl methyl sites for hydroxylation is 1. The number of nitrogens with zero attached hydrogens (tertiary/aromatic N) is 3. The first-order valence-corrected chi connectivity index (χ1v) is 7.58. The van der Waals surface area contributed by atoms with Gasteiger partial charge in [-0.25, -0.2) is 10.4 Å². The first kappa shape index (κ1) is 15.9. The van der Waals surface area contributed by atoms with Gasteiger partial charge in [0.05, 0.1) is 31.0 Å². The summed E-state index contributed by atoms with van der Waals surface area (Å²) in [5.41, 5.74) is 6.70. The largest absolute Gasteiger partial charge is 0.497 e. The van der Waals surface area contributed by atoms with E-state index in [1.165, 1.54) is 0 Å². The van der Waals surface area contributed by atoms with Gasteiger partial charge in [-0.3, -0.25) is 0 Å². The number of anilines is 1. The molecule has 0 spiro atoms. The molecule has 6 nitrogen and oxygen atoms in total. The quantitative estimate of drug-likeness (QED) is 0.577. The SMILES string of the molecule is COc1ccc(/C(C)=N/Nc2nc3ccccc3n2C)c(OC)c1. The number of nitrogens with one attached hydrogen (secondary N) is 1. The fraction of sp³-hybridized carbons (Fsp3) is 0.222. The summed E-state index contributed by atoms with van der Waals surface area (Å²) in [7, 11) is 5.21. The molecule has 0 bridgehead atoms. The number of benzene rings is 2. The van der Waals surface area contributed by atoms with Crippen molar-refractivity contribution in [3.05, 3.63) is 48.0 Å². The van der Waals surface area contributed by atoms with Gasteiger partial charge in [-0.1, -0.05) is 12.1 Å². The Labute approximate surface area is 140 Å². The van der Waals surface area contributed by atoms with Crippen LogP contribution in [0, 0.1) is 0 Å². The Kier molecular flexibility index (Phi) is 4.37. The Morgan fingerprint density at radius 3 is 2.62 bits per heavy atom. The second-order valence-corrected chi connectivity index (χ2v) is 5.36. The maximum atomic E-state index is 5.42. The molecule has 0 fully saturated rings. The molecule has 0 atom stereocenters. The van der Waals surface area contributed by atoms with Crippen LogP contribution in [0.25, 0.3) is 11.0 Å². The van der Waals surface area contributed by atoms with E-state index in [0.29, 0.717) is 11.7 Å². The fourth-order valence-corrected chi connectivity index (χ4v) is 2.54. The second kappa shape index (κ2) is 6.62. The molecule has 0 amide bonds. The molecule has 3 aromatic rings. The minimum Gasteiger partial charge on any atom is -0.497 e. The predicted octanol–water partition coefficient (Wildman–Crippen LogP) is 3.43. The van der Waals surface area contributed by atoms with Crippen LogP contribution in [0.4, 0.5) is 5.95 Å². The molecular formula is C18H20N4O2. The van der Waals surface area contributed by atoms with Crippen LogP contribution in [0.3, 0.4) is 0 Å². The van der Waals surface area contributed by atoms with Crippen molar-refractivity contribution < 1.29 is 9.47 Å². The highest BCUT2D eigenvalue weighted by Gasteiger charge is 2.09. The number of aromatic nitrogens is 2. The number of rotatable bonds is 5. The van der Waals surface area contributed by atoms with Crippen LogP contribution in [-0.4, -0.2) is 29.5 Å². The summed E-state index contributed by atoms with van der Waals surface area (Å²) < 4.78 is 12.6. The first-order chi connectivity index (χ1) is 11.6. The summed E-state index contributed by atoms with van der Waals surface area (Å²) in [5.74, 6) is 2.14. The zero-order valence-electron chi connectivity index (χ0n) is 14.2. The van der Waals surface area contributed by atoms with Crippen LogP contribution in [0.2, 0.25) is 0 Å². The van der Waals surface area contributed by atoms with E-state index < -0.39 is 0 Å². The standard InChI is InChI=1S/C18H20N4O2/c1-12(14-10-9-13(23-3)11-17(14)24-4)20-21-18-19-15-7-5-6-8-16(15)22(18)2/h5-11H,1-4H3,(H,19,21)/b20-12+. The molecule has 2 aromatic carbocycles. The normalized spacial score (nSPS) is 11.6. The molecule has 1 N–H and O–H groups in total. The smallest absolute Gasteiger partial charge is 0.224 e. The number of hydrazone groups is 1. The molecule has 0 unspecified atom stereocenters. The average molecular weight is 324 g/mol. The van der Waals surface area contributed by atoms with Crippen LogP contribution in [-0.2, 0) is 7.05 Å². The van der Waals surface area contributed by atoms with Gasteiger partial charge < -0.3 is 14.0 Å². The molecule has 1 heterocycles. The van der Waals surface area contributed by atoms with Gasteiger partial charge in [-0.15, -0.1) is 0 Å². The van der Waals surface area contributed by atoms with Crippen LogP contribution in [0.15, 0.2) is 47.6 Å². The van der Waals surface area contributed by atoms with Gasteiger partial charge in [-0.2, -0.15) is 5.10 Å². The molecule has 3 rings (SSSR count). The van der Waals surface area contributed by atoms with Crippen LogP contribution in [0.1, 0.15) is 12.5 Å². The zero-order valence-corrected chi connectivity index (χ0v) is 14.2. The Morgan fingerprint density at radius 1 is 1.12 bits per heavy atom. The Bertz CT molecular complexity index is 899. The fourth-order valence-electron chi connectivity index (χ4n) is 2.54. The maximum absolute atomic E-state index is 5.42. The summed E-state index contributed by atoms with van der Waals surface area (Å²) in [4.78, 5) is 4.54. The number of hydrogen-bond acceptors (Lipinski definition) is 5. The van der Waals surface area contributed by atoms with Gasteiger partial charge in [0.15, 0.2) is 0 Å². The molecule has 0 aliphatic rings. The van der Waals surface area contributed by atoms with E-state index in [1.807, 2.05) is 61.0 Å². The number of hydrogen-bond donors (Lipinski definition) is 1. The van der Waals surface area contributed by atoms with Crippen molar-refractivity contribution in [1.29, 1.82) is 0 Å². The van der Waals surface area contributed by atoms with E-state index in [1.54, 1.807) is 14.2 Å². The molecule has 6 heteroatoms. The summed E-state index contributed by atoms with van der Waals surface area (Å²) in [6, 6.07) is 13.6. The third-order valence-electron chi connectivity index (χ3n) is 3.91. The van der Waals surface area contributed by atoms with Gasteiger partial charge in [0.1, 0.15) is 11.5 Å². The van der Waals surface area contributed by atoms with Crippen LogP contribution >= 0.6 is 0 Å².